The monoisotopic (exact) mass is 535 g/mol. The van der Waals surface area contributed by atoms with E-state index in [4.69, 9.17) is 16.6 Å². The summed E-state index contributed by atoms with van der Waals surface area (Å²) in [4.78, 5) is 36.1. The van der Waals surface area contributed by atoms with Crippen molar-refractivity contribution in [3.8, 4) is 23.1 Å². The number of halogens is 1. The van der Waals surface area contributed by atoms with E-state index in [2.05, 4.69) is 43.0 Å². The first-order valence-electron chi connectivity index (χ1n) is 11.2. The molecule has 1 aliphatic heterocycles. The zero-order chi connectivity index (χ0) is 24.9. The Morgan fingerprint density at radius 1 is 1.23 bits per heavy atom. The Hall–Kier alpha value is -3.68. The molecule has 1 aromatic carbocycles. The molecule has 2 aromatic heterocycles. The summed E-state index contributed by atoms with van der Waals surface area (Å²) in [5.74, 6) is 12.4. The molecule has 0 bridgehead atoms. The van der Waals surface area contributed by atoms with Gasteiger partial charge in [-0.05, 0) is 50.6 Å². The number of carbonyl (C=O) groups is 2. The van der Waals surface area contributed by atoms with E-state index in [0.29, 0.717) is 35.0 Å². The van der Waals surface area contributed by atoms with Gasteiger partial charge in [0.25, 0.3) is 11.8 Å². The maximum atomic E-state index is 12.6. The average Bonchev–Trinajstić information content (AvgIpc) is 3.20. The van der Waals surface area contributed by atoms with E-state index in [1.807, 2.05) is 6.92 Å². The summed E-state index contributed by atoms with van der Waals surface area (Å²) in [7, 11) is 0. The van der Waals surface area contributed by atoms with Crippen molar-refractivity contribution in [3.63, 3.8) is 0 Å². The minimum Gasteiger partial charge on any atom is -0.364 e. The van der Waals surface area contributed by atoms with Gasteiger partial charge < -0.3 is 16.9 Å². The highest BCUT2D eigenvalue weighted by atomic mass is 79.9. The lowest BCUT2D eigenvalue weighted by atomic mass is 10.0. The second-order valence-electron chi connectivity index (χ2n) is 8.20. The lowest BCUT2D eigenvalue weighted by Crippen LogP contribution is -2.37. The number of hydrogen-bond acceptors (Lipinski definition) is 6. The smallest absolute Gasteiger partial charge is 0.269 e. The van der Waals surface area contributed by atoms with Gasteiger partial charge in [0.15, 0.2) is 5.69 Å². The molecule has 3 aromatic rings. The van der Waals surface area contributed by atoms with Crippen LogP contribution in [0.3, 0.4) is 0 Å². The standard InChI is InChI=1S/C25H26BrN7O2/c1-2-3-13-32-14-5-4-6-19(32)24-31-21(22(23(27)34)33(24)28)16-7-9-17(10-8-16)25(35)30-20-15-18(26)11-12-29-20/h7-12,15,19H,4-6,13-14,28H2,1H3,(H2,27,34)(H,29,30,35)/t19-/m0/s1. The van der Waals surface area contributed by atoms with Crippen LogP contribution in [-0.2, 0) is 0 Å². The Balaban J connectivity index is 1.63. The predicted octanol–water partition coefficient (Wildman–Crippen LogP) is 3.32. The number of rotatable bonds is 6. The number of benzene rings is 1. The number of amides is 2. The highest BCUT2D eigenvalue weighted by Gasteiger charge is 2.31. The van der Waals surface area contributed by atoms with Crippen molar-refractivity contribution in [1.29, 1.82) is 0 Å². The number of hydrogen-bond donors (Lipinski definition) is 3. The first kappa shape index (κ1) is 24.4. The largest absolute Gasteiger partial charge is 0.364 e. The lowest BCUT2D eigenvalue weighted by molar-refractivity contribution is 0.0990. The number of pyridine rings is 1. The van der Waals surface area contributed by atoms with Gasteiger partial charge in [0.05, 0.1) is 12.6 Å². The fourth-order valence-corrected chi connectivity index (χ4v) is 4.55. The van der Waals surface area contributed by atoms with E-state index in [1.54, 1.807) is 42.6 Å². The number of likely N-dealkylation sites (tertiary alicyclic amines) is 1. The molecule has 5 N–H and O–H groups in total. The van der Waals surface area contributed by atoms with E-state index in [-0.39, 0.29) is 17.6 Å². The Labute approximate surface area is 212 Å². The summed E-state index contributed by atoms with van der Waals surface area (Å²) in [6, 6.07) is 10.2. The third-order valence-electron chi connectivity index (χ3n) is 5.93. The number of aromatic nitrogens is 3. The van der Waals surface area contributed by atoms with Gasteiger partial charge in [-0.25, -0.2) is 14.6 Å². The number of nitrogens with two attached hydrogens (primary N) is 2. The summed E-state index contributed by atoms with van der Waals surface area (Å²) >= 11 is 3.36. The summed E-state index contributed by atoms with van der Waals surface area (Å²) in [6.45, 7) is 3.29. The fraction of sp³-hybridized carbons (Fsp3) is 0.280. The van der Waals surface area contributed by atoms with E-state index in [9.17, 15) is 9.59 Å². The maximum absolute atomic E-state index is 12.6. The SMILES string of the molecule is CC#CCN1CCCC[C@H]1c1nc(-c2ccc(C(=O)Nc3cc(Br)ccn3)cc2)c(C(N)=O)n1N. The van der Waals surface area contributed by atoms with Gasteiger partial charge in [-0.3, -0.25) is 14.5 Å². The number of nitrogens with zero attached hydrogens (tertiary/aromatic N) is 4. The van der Waals surface area contributed by atoms with Crippen LogP contribution in [-0.4, -0.2) is 44.4 Å². The summed E-state index contributed by atoms with van der Waals surface area (Å²) in [5, 5.41) is 2.76. The van der Waals surface area contributed by atoms with Crippen molar-refractivity contribution in [2.45, 2.75) is 32.2 Å². The molecule has 3 heterocycles. The molecule has 0 saturated carbocycles. The average molecular weight is 536 g/mol. The van der Waals surface area contributed by atoms with Crippen LogP contribution in [0.4, 0.5) is 5.82 Å². The minimum atomic E-state index is -0.667. The zero-order valence-corrected chi connectivity index (χ0v) is 20.9. The van der Waals surface area contributed by atoms with Crippen LogP contribution in [0, 0.1) is 11.8 Å². The minimum absolute atomic E-state index is 0.0656. The molecule has 4 rings (SSSR count). The maximum Gasteiger partial charge on any atom is 0.269 e. The molecule has 2 amide bonds. The highest BCUT2D eigenvalue weighted by molar-refractivity contribution is 9.10. The topological polar surface area (TPSA) is 132 Å². The Bertz CT molecular complexity index is 1310. The van der Waals surface area contributed by atoms with Gasteiger partial charge in [-0.15, -0.1) is 5.92 Å². The third kappa shape index (κ3) is 5.37. The lowest BCUT2D eigenvalue weighted by Gasteiger charge is -2.33. The molecule has 1 aliphatic rings. The first-order chi connectivity index (χ1) is 16.9. The molecule has 0 unspecified atom stereocenters. The van der Waals surface area contributed by atoms with Crippen LogP contribution < -0.4 is 16.9 Å². The van der Waals surface area contributed by atoms with Crippen molar-refractivity contribution >= 4 is 33.6 Å². The molecule has 1 saturated heterocycles. The molecule has 9 nitrogen and oxygen atoms in total. The second kappa shape index (κ2) is 10.7. The molecule has 0 spiro atoms. The number of primary amides is 1. The summed E-state index contributed by atoms with van der Waals surface area (Å²) in [5.41, 5.74) is 7.28. The van der Waals surface area contributed by atoms with Crippen molar-refractivity contribution in [2.75, 3.05) is 24.2 Å². The van der Waals surface area contributed by atoms with E-state index in [0.717, 1.165) is 30.3 Å². The Morgan fingerprint density at radius 2 is 2.00 bits per heavy atom. The molecule has 0 radical (unpaired) electrons. The Kier molecular flexibility index (Phi) is 7.48. The van der Waals surface area contributed by atoms with Crippen LogP contribution in [0.25, 0.3) is 11.3 Å². The summed E-state index contributed by atoms with van der Waals surface area (Å²) < 4.78 is 2.11. The van der Waals surface area contributed by atoms with Crippen molar-refractivity contribution in [1.82, 2.24) is 19.5 Å². The van der Waals surface area contributed by atoms with Crippen LogP contribution in [0.5, 0.6) is 0 Å². The van der Waals surface area contributed by atoms with Crippen molar-refractivity contribution in [3.05, 3.63) is 64.1 Å². The van der Waals surface area contributed by atoms with Crippen LogP contribution in [0.1, 0.15) is 58.9 Å². The number of piperidine rings is 1. The van der Waals surface area contributed by atoms with Gasteiger partial charge >= 0.3 is 0 Å². The van der Waals surface area contributed by atoms with Gasteiger partial charge in [-0.1, -0.05) is 40.4 Å². The molecular formula is C25H26BrN7O2. The highest BCUT2D eigenvalue weighted by Crippen LogP contribution is 2.33. The fourth-order valence-electron chi connectivity index (χ4n) is 4.22. The molecule has 180 valence electrons. The van der Waals surface area contributed by atoms with Crippen molar-refractivity contribution < 1.29 is 9.59 Å². The molecular weight excluding hydrogens is 510 g/mol. The normalized spacial score (nSPS) is 15.8. The number of nitrogen functional groups attached to an aromatic ring is 1. The molecule has 35 heavy (non-hydrogen) atoms. The number of imidazole rings is 1. The molecule has 0 aliphatic carbocycles. The molecule has 1 fully saturated rings. The Morgan fingerprint density at radius 3 is 2.69 bits per heavy atom. The second-order valence-corrected chi connectivity index (χ2v) is 9.12. The van der Waals surface area contributed by atoms with Gasteiger partial charge in [0, 0.05) is 21.8 Å². The van der Waals surface area contributed by atoms with Gasteiger partial charge in [0.2, 0.25) is 0 Å². The number of carbonyl (C=O) groups excluding carboxylic acids is 2. The van der Waals surface area contributed by atoms with Crippen molar-refractivity contribution in [2.24, 2.45) is 5.73 Å². The molecule has 1 atom stereocenters. The van der Waals surface area contributed by atoms with Crippen LogP contribution >= 0.6 is 15.9 Å². The van der Waals surface area contributed by atoms with Gasteiger partial charge in [-0.2, -0.15) is 0 Å². The quantitative estimate of drug-likeness (QED) is 0.327. The van der Waals surface area contributed by atoms with E-state index in [1.165, 1.54) is 4.68 Å². The number of nitrogens with one attached hydrogen (secondary N) is 1. The van der Waals surface area contributed by atoms with Crippen LogP contribution in [0.15, 0.2) is 47.1 Å². The van der Waals surface area contributed by atoms with Gasteiger partial charge in [0.1, 0.15) is 17.3 Å². The number of anilines is 1. The zero-order valence-electron chi connectivity index (χ0n) is 19.3. The third-order valence-corrected chi connectivity index (χ3v) is 6.42. The molecule has 10 heteroatoms. The van der Waals surface area contributed by atoms with E-state index >= 15 is 0 Å². The predicted molar refractivity (Wildman–Crippen MR) is 138 cm³/mol. The summed E-state index contributed by atoms with van der Waals surface area (Å²) in [6.07, 6.45) is 4.56. The first-order valence-corrected chi connectivity index (χ1v) is 12.0. The van der Waals surface area contributed by atoms with Crippen LogP contribution in [0.2, 0.25) is 0 Å². The van der Waals surface area contributed by atoms with E-state index < -0.39 is 5.91 Å².